The van der Waals surface area contributed by atoms with Crippen molar-refractivity contribution in [1.29, 1.82) is 0 Å². The second kappa shape index (κ2) is 8.73. The fraction of sp³-hybridized carbons (Fsp3) is 0.0625. The largest absolute Gasteiger partial charge is 0.872 e. The molecule has 0 aliphatic carbocycles. The van der Waals surface area contributed by atoms with Crippen molar-refractivity contribution in [2.24, 2.45) is 5.10 Å². The number of aromatic nitrogens is 4. The quantitative estimate of drug-likeness (QED) is 0.267. The summed E-state index contributed by atoms with van der Waals surface area (Å²) < 4.78 is 1.49. The van der Waals surface area contributed by atoms with Crippen LogP contribution in [0.25, 0.3) is 5.69 Å². The molecular formula is C16H12N7O4S-. The van der Waals surface area contributed by atoms with Crippen molar-refractivity contribution < 1.29 is 14.8 Å². The van der Waals surface area contributed by atoms with Crippen LogP contribution in [0.15, 0.2) is 58.8 Å². The first-order valence-corrected chi connectivity index (χ1v) is 8.77. The molecule has 0 unspecified atom stereocenters. The third kappa shape index (κ3) is 4.67. The van der Waals surface area contributed by atoms with Gasteiger partial charge in [0.2, 0.25) is 5.16 Å². The Morgan fingerprint density at radius 3 is 2.82 bits per heavy atom. The van der Waals surface area contributed by atoms with E-state index in [1.54, 1.807) is 0 Å². The van der Waals surface area contributed by atoms with Crippen LogP contribution < -0.4 is 10.5 Å². The summed E-state index contributed by atoms with van der Waals surface area (Å²) in [5.74, 6) is -0.925. The number of amides is 1. The predicted octanol–water partition coefficient (Wildman–Crippen LogP) is 0.886. The number of hydrazone groups is 1. The van der Waals surface area contributed by atoms with E-state index in [0.29, 0.717) is 5.16 Å². The van der Waals surface area contributed by atoms with Crippen LogP contribution in [0.1, 0.15) is 5.56 Å². The minimum absolute atomic E-state index is 0.00447. The Morgan fingerprint density at radius 1 is 1.29 bits per heavy atom. The van der Waals surface area contributed by atoms with Crippen molar-refractivity contribution in [3.8, 4) is 11.4 Å². The van der Waals surface area contributed by atoms with E-state index in [0.717, 1.165) is 41.9 Å². The monoisotopic (exact) mass is 398 g/mol. The molecule has 3 rings (SSSR count). The Morgan fingerprint density at radius 2 is 2.07 bits per heavy atom. The average molecular weight is 398 g/mol. The van der Waals surface area contributed by atoms with Crippen LogP contribution in [0.4, 0.5) is 5.69 Å². The second-order valence-electron chi connectivity index (χ2n) is 5.27. The first-order valence-electron chi connectivity index (χ1n) is 7.78. The summed E-state index contributed by atoms with van der Waals surface area (Å²) in [7, 11) is 0. The van der Waals surface area contributed by atoms with Crippen molar-refractivity contribution in [3.05, 3.63) is 64.2 Å². The third-order valence-electron chi connectivity index (χ3n) is 3.37. The third-order valence-corrected chi connectivity index (χ3v) is 4.29. The lowest BCUT2D eigenvalue weighted by Crippen LogP contribution is -2.20. The van der Waals surface area contributed by atoms with Crippen molar-refractivity contribution in [1.82, 2.24) is 25.6 Å². The number of para-hydroxylation sites is 1. The summed E-state index contributed by atoms with van der Waals surface area (Å²) in [6, 6.07) is 12.4. The van der Waals surface area contributed by atoms with Gasteiger partial charge in [-0.2, -0.15) is 9.78 Å². The van der Waals surface area contributed by atoms with E-state index in [9.17, 15) is 20.0 Å². The molecule has 0 saturated heterocycles. The Hall–Kier alpha value is -3.80. The van der Waals surface area contributed by atoms with Crippen LogP contribution in [0.3, 0.4) is 0 Å². The molecule has 28 heavy (non-hydrogen) atoms. The summed E-state index contributed by atoms with van der Waals surface area (Å²) in [6.07, 6.45) is 1.06. The fourth-order valence-corrected chi connectivity index (χ4v) is 2.77. The number of rotatable bonds is 7. The first-order chi connectivity index (χ1) is 13.5. The Balaban J connectivity index is 1.58. The van der Waals surface area contributed by atoms with Gasteiger partial charge in [-0.15, -0.1) is 5.10 Å². The number of carbonyl (C=O) groups excluding carboxylic acids is 1. The number of hydrogen-bond donors (Lipinski definition) is 1. The number of hydrogen-bond acceptors (Lipinski definition) is 9. The molecule has 0 atom stereocenters. The lowest BCUT2D eigenvalue weighted by atomic mass is 10.2. The molecule has 1 heterocycles. The zero-order valence-corrected chi connectivity index (χ0v) is 14.9. The highest BCUT2D eigenvalue weighted by Gasteiger charge is 2.11. The summed E-state index contributed by atoms with van der Waals surface area (Å²) in [6.45, 7) is 0. The van der Waals surface area contributed by atoms with E-state index in [2.05, 4.69) is 26.1 Å². The van der Waals surface area contributed by atoms with E-state index in [1.807, 2.05) is 30.3 Å². The fourth-order valence-electron chi connectivity index (χ4n) is 2.09. The van der Waals surface area contributed by atoms with Gasteiger partial charge in [0.15, 0.2) is 0 Å². The molecule has 2 aromatic carbocycles. The van der Waals surface area contributed by atoms with E-state index in [-0.39, 0.29) is 17.0 Å². The number of thioether (sulfide) groups is 1. The molecule has 1 amide bonds. The molecule has 3 aromatic rings. The lowest BCUT2D eigenvalue weighted by molar-refractivity contribution is -0.385. The average Bonchev–Trinajstić information content (AvgIpc) is 3.17. The molecule has 0 spiro atoms. The van der Waals surface area contributed by atoms with Crippen LogP contribution >= 0.6 is 11.8 Å². The minimum atomic E-state index is -0.622. The highest BCUT2D eigenvalue weighted by Crippen LogP contribution is 2.19. The summed E-state index contributed by atoms with van der Waals surface area (Å²) in [4.78, 5) is 22.0. The topological polar surface area (TPSA) is 151 Å². The number of nitro benzene ring substituents is 1. The zero-order valence-electron chi connectivity index (χ0n) is 14.1. The van der Waals surface area contributed by atoms with Crippen molar-refractivity contribution in [3.63, 3.8) is 0 Å². The zero-order chi connectivity index (χ0) is 19.9. The number of carbonyl (C=O) groups is 1. The maximum absolute atomic E-state index is 11.9. The van der Waals surface area contributed by atoms with Gasteiger partial charge in [-0.1, -0.05) is 41.8 Å². The number of nitrogens with zero attached hydrogens (tertiary/aromatic N) is 6. The molecule has 0 aliphatic heterocycles. The van der Waals surface area contributed by atoms with Crippen LogP contribution in [0.2, 0.25) is 0 Å². The smallest absolute Gasteiger partial charge is 0.270 e. The Bertz CT molecular complexity index is 1020. The summed E-state index contributed by atoms with van der Waals surface area (Å²) >= 11 is 1.10. The number of non-ortho nitro benzene ring substituents is 1. The SMILES string of the molecule is O=C(CSc1nnnn1-c1ccccc1)NN=Cc1cc([N+](=O)[O-])ccc1[O-]. The second-order valence-corrected chi connectivity index (χ2v) is 6.21. The number of nitrogens with one attached hydrogen (secondary N) is 1. The Kier molecular flexibility index (Phi) is 5.91. The molecule has 142 valence electrons. The van der Waals surface area contributed by atoms with Crippen molar-refractivity contribution in [2.75, 3.05) is 5.75 Å². The van der Waals surface area contributed by atoms with Gasteiger partial charge in [0.05, 0.1) is 22.6 Å². The van der Waals surface area contributed by atoms with Crippen molar-refractivity contribution >= 4 is 29.6 Å². The lowest BCUT2D eigenvalue weighted by Gasteiger charge is -2.08. The summed E-state index contributed by atoms with van der Waals surface area (Å²) in [5.41, 5.74) is 2.76. The van der Waals surface area contributed by atoms with Crippen LogP contribution in [0, 0.1) is 10.1 Å². The maximum Gasteiger partial charge on any atom is 0.270 e. The standard InChI is InChI=1S/C16H13N7O4S/c24-14-7-6-13(23(26)27)8-11(14)9-17-18-15(25)10-28-16-19-20-21-22(16)12-4-2-1-3-5-12/h1-9,24H,10H2,(H,18,25)/p-1. The molecule has 11 nitrogen and oxygen atoms in total. The molecule has 0 radical (unpaired) electrons. The van der Waals surface area contributed by atoms with Crippen LogP contribution in [-0.4, -0.2) is 43.0 Å². The molecular weight excluding hydrogens is 386 g/mol. The van der Waals surface area contributed by atoms with Gasteiger partial charge in [0, 0.05) is 12.1 Å². The predicted molar refractivity (Wildman–Crippen MR) is 98.2 cm³/mol. The van der Waals surface area contributed by atoms with Crippen LogP contribution in [0.5, 0.6) is 5.75 Å². The van der Waals surface area contributed by atoms with Gasteiger partial charge < -0.3 is 5.11 Å². The van der Waals surface area contributed by atoms with Gasteiger partial charge in [-0.05, 0) is 28.1 Å². The number of benzene rings is 2. The van der Waals surface area contributed by atoms with E-state index >= 15 is 0 Å². The van der Waals surface area contributed by atoms with Gasteiger partial charge in [-0.3, -0.25) is 14.9 Å². The minimum Gasteiger partial charge on any atom is -0.872 e. The van der Waals surface area contributed by atoms with E-state index < -0.39 is 16.6 Å². The molecule has 1 aromatic heterocycles. The summed E-state index contributed by atoms with van der Waals surface area (Å²) in [5, 5.41) is 37.9. The molecule has 1 N–H and O–H groups in total. The molecule has 0 fully saturated rings. The van der Waals surface area contributed by atoms with Crippen LogP contribution in [-0.2, 0) is 4.79 Å². The number of tetrazole rings is 1. The molecule has 0 bridgehead atoms. The number of nitro groups is 1. The maximum atomic E-state index is 11.9. The normalized spacial score (nSPS) is 10.9. The van der Waals surface area contributed by atoms with Crippen molar-refractivity contribution in [2.45, 2.75) is 5.16 Å². The highest BCUT2D eigenvalue weighted by molar-refractivity contribution is 7.99. The Labute approximate surface area is 162 Å². The first kappa shape index (κ1) is 19.0. The van der Waals surface area contributed by atoms with Gasteiger partial charge >= 0.3 is 0 Å². The van der Waals surface area contributed by atoms with Gasteiger partial charge in [0.25, 0.3) is 11.6 Å². The van der Waals surface area contributed by atoms with Gasteiger partial charge in [0.1, 0.15) is 0 Å². The highest BCUT2D eigenvalue weighted by atomic mass is 32.2. The molecule has 0 saturated carbocycles. The molecule has 0 aliphatic rings. The molecule has 12 heteroatoms. The van der Waals surface area contributed by atoms with E-state index in [4.69, 9.17) is 0 Å². The van der Waals surface area contributed by atoms with Gasteiger partial charge in [-0.25, -0.2) is 5.43 Å². The van der Waals surface area contributed by atoms with E-state index in [1.165, 1.54) is 4.68 Å².